The minimum Gasteiger partial charge on any atom is -0.362 e. The van der Waals surface area contributed by atoms with Crippen molar-refractivity contribution in [3.8, 4) is 0 Å². The Hall–Kier alpha value is -2.70. The summed E-state index contributed by atoms with van der Waals surface area (Å²) in [4.78, 5) is 30.2. The fourth-order valence-corrected chi connectivity index (χ4v) is 3.13. The number of amides is 1. The number of pyridine rings is 1. The maximum atomic E-state index is 12.6. The van der Waals surface area contributed by atoms with Gasteiger partial charge >= 0.3 is 0 Å². The quantitative estimate of drug-likeness (QED) is 0.900. The Kier molecular flexibility index (Phi) is 5.35. The van der Waals surface area contributed by atoms with E-state index in [1.807, 2.05) is 45.0 Å². The van der Waals surface area contributed by atoms with E-state index in [1.54, 1.807) is 12.4 Å². The first-order valence-corrected chi connectivity index (χ1v) is 8.98. The van der Waals surface area contributed by atoms with E-state index in [0.29, 0.717) is 11.4 Å². The van der Waals surface area contributed by atoms with E-state index < -0.39 is 0 Å². The third-order valence-electron chi connectivity index (χ3n) is 4.36. The van der Waals surface area contributed by atoms with Gasteiger partial charge in [-0.1, -0.05) is 0 Å². The first-order chi connectivity index (χ1) is 12.5. The summed E-state index contributed by atoms with van der Waals surface area (Å²) in [5.74, 6) is 1.38. The highest BCUT2D eigenvalue weighted by atomic mass is 16.1. The summed E-state index contributed by atoms with van der Waals surface area (Å²) in [7, 11) is 3.84. The van der Waals surface area contributed by atoms with Crippen molar-refractivity contribution in [2.24, 2.45) is 0 Å². The molecule has 0 fully saturated rings. The molecule has 138 valence electrons. The molecule has 3 heterocycles. The van der Waals surface area contributed by atoms with Crippen molar-refractivity contribution in [2.75, 3.05) is 37.0 Å². The number of rotatable bonds is 4. The molecule has 2 aromatic rings. The minimum absolute atomic E-state index is 0.0773. The first kappa shape index (κ1) is 18.1. The largest absolute Gasteiger partial charge is 0.362 e. The van der Waals surface area contributed by atoms with Crippen LogP contribution in [-0.2, 0) is 12.8 Å². The molecule has 1 aliphatic rings. The summed E-state index contributed by atoms with van der Waals surface area (Å²) >= 11 is 0. The van der Waals surface area contributed by atoms with Crippen LogP contribution in [-0.4, -0.2) is 54.1 Å². The highest BCUT2D eigenvalue weighted by Gasteiger charge is 2.22. The Bertz CT molecular complexity index is 775. The van der Waals surface area contributed by atoms with Crippen molar-refractivity contribution < 1.29 is 4.79 Å². The Balaban J connectivity index is 1.90. The van der Waals surface area contributed by atoms with Gasteiger partial charge in [-0.3, -0.25) is 4.79 Å². The molecule has 0 atom stereocenters. The van der Waals surface area contributed by atoms with Crippen LogP contribution in [0.4, 0.5) is 11.8 Å². The second-order valence-corrected chi connectivity index (χ2v) is 7.02. The molecule has 1 aliphatic heterocycles. The number of carbonyl (C=O) groups excluding carboxylic acids is 1. The molecule has 0 aromatic carbocycles. The topological polar surface area (TPSA) is 74.2 Å². The Morgan fingerprint density at radius 2 is 1.88 bits per heavy atom. The number of aromatic nitrogens is 3. The van der Waals surface area contributed by atoms with Crippen LogP contribution in [0.2, 0.25) is 0 Å². The average molecular weight is 354 g/mol. The summed E-state index contributed by atoms with van der Waals surface area (Å²) in [6, 6.07) is 3.91. The number of carbonyl (C=O) groups is 1. The molecule has 1 N–H and O–H groups in total. The molecule has 1 amide bonds. The van der Waals surface area contributed by atoms with Crippen LogP contribution in [0, 0.1) is 0 Å². The molecule has 0 saturated carbocycles. The Labute approximate surface area is 154 Å². The summed E-state index contributed by atoms with van der Waals surface area (Å²) in [5, 5.41) is 2.98. The monoisotopic (exact) mass is 354 g/mol. The van der Waals surface area contributed by atoms with Crippen LogP contribution in [0.1, 0.15) is 35.5 Å². The third-order valence-corrected chi connectivity index (χ3v) is 4.36. The lowest BCUT2D eigenvalue weighted by atomic mass is 10.0. The van der Waals surface area contributed by atoms with Crippen LogP contribution in [0.3, 0.4) is 0 Å². The van der Waals surface area contributed by atoms with Gasteiger partial charge in [0.05, 0.1) is 5.56 Å². The molecule has 0 radical (unpaired) electrons. The van der Waals surface area contributed by atoms with Crippen LogP contribution in [0.25, 0.3) is 0 Å². The van der Waals surface area contributed by atoms with Crippen molar-refractivity contribution in [3.05, 3.63) is 41.3 Å². The van der Waals surface area contributed by atoms with E-state index in [2.05, 4.69) is 20.2 Å². The van der Waals surface area contributed by atoms with Gasteiger partial charge in [0.2, 0.25) is 5.95 Å². The minimum atomic E-state index is -0.0773. The fraction of sp³-hybridized carbons (Fsp3) is 0.474. The lowest BCUT2D eigenvalue weighted by Gasteiger charge is -2.19. The van der Waals surface area contributed by atoms with Crippen molar-refractivity contribution in [1.82, 2.24) is 20.3 Å². The molecule has 0 spiro atoms. The van der Waals surface area contributed by atoms with E-state index >= 15 is 0 Å². The lowest BCUT2D eigenvalue weighted by molar-refractivity contribution is 0.0943. The van der Waals surface area contributed by atoms with E-state index in [4.69, 9.17) is 4.98 Å². The molecule has 0 bridgehead atoms. The predicted molar refractivity (Wildman–Crippen MR) is 103 cm³/mol. The fourth-order valence-electron chi connectivity index (χ4n) is 3.13. The average Bonchev–Trinajstić information content (AvgIpc) is 2.82. The lowest BCUT2D eigenvalue weighted by Crippen LogP contribution is -2.32. The van der Waals surface area contributed by atoms with E-state index in [0.717, 1.165) is 43.1 Å². The molecular weight excluding hydrogens is 328 g/mol. The highest BCUT2D eigenvalue weighted by Crippen LogP contribution is 2.24. The van der Waals surface area contributed by atoms with Crippen LogP contribution in [0.15, 0.2) is 24.5 Å². The van der Waals surface area contributed by atoms with Crippen molar-refractivity contribution in [2.45, 2.75) is 32.7 Å². The smallest absolute Gasteiger partial charge is 0.255 e. The summed E-state index contributed by atoms with van der Waals surface area (Å²) < 4.78 is 0. The van der Waals surface area contributed by atoms with Gasteiger partial charge in [-0.15, -0.1) is 0 Å². The number of hydrogen-bond acceptors (Lipinski definition) is 6. The molecular formula is C19H26N6O. The van der Waals surface area contributed by atoms with Crippen molar-refractivity contribution in [3.63, 3.8) is 0 Å². The number of hydrogen-bond donors (Lipinski definition) is 1. The van der Waals surface area contributed by atoms with Crippen molar-refractivity contribution in [1.29, 1.82) is 0 Å². The maximum absolute atomic E-state index is 12.6. The predicted octanol–water partition coefficient (Wildman–Crippen LogP) is 1.68. The molecule has 7 nitrogen and oxygen atoms in total. The van der Waals surface area contributed by atoms with Gasteiger partial charge in [-0.2, -0.15) is 0 Å². The van der Waals surface area contributed by atoms with Gasteiger partial charge in [0.15, 0.2) is 0 Å². The van der Waals surface area contributed by atoms with Crippen LogP contribution in [0.5, 0.6) is 0 Å². The SMILES string of the molecule is CC(C)NC(=O)c1cc2c(nc1N(C)C)CCN(c1ncccn1)CC2. The van der Waals surface area contributed by atoms with E-state index in [1.165, 1.54) is 0 Å². The van der Waals surface area contributed by atoms with E-state index in [-0.39, 0.29) is 11.9 Å². The number of nitrogens with one attached hydrogen (secondary N) is 1. The highest BCUT2D eigenvalue weighted by molar-refractivity contribution is 5.99. The first-order valence-electron chi connectivity index (χ1n) is 8.98. The Morgan fingerprint density at radius 3 is 2.54 bits per heavy atom. The van der Waals surface area contributed by atoms with Gasteiger partial charge in [-0.25, -0.2) is 15.0 Å². The van der Waals surface area contributed by atoms with E-state index in [9.17, 15) is 4.79 Å². The molecule has 0 saturated heterocycles. The zero-order valence-electron chi connectivity index (χ0n) is 15.9. The van der Waals surface area contributed by atoms with Gasteiger partial charge < -0.3 is 15.1 Å². The second kappa shape index (κ2) is 7.68. The number of fused-ring (bicyclic) bond motifs is 1. The zero-order valence-corrected chi connectivity index (χ0v) is 15.9. The molecule has 7 heteroatoms. The maximum Gasteiger partial charge on any atom is 0.255 e. The zero-order chi connectivity index (χ0) is 18.7. The van der Waals surface area contributed by atoms with Gasteiger partial charge in [0.25, 0.3) is 5.91 Å². The molecule has 0 unspecified atom stereocenters. The van der Waals surface area contributed by atoms with Crippen molar-refractivity contribution >= 4 is 17.7 Å². The van der Waals surface area contributed by atoms with Gasteiger partial charge in [0.1, 0.15) is 5.82 Å². The Morgan fingerprint density at radius 1 is 1.19 bits per heavy atom. The second-order valence-electron chi connectivity index (χ2n) is 7.02. The normalized spacial score (nSPS) is 14.0. The summed E-state index contributed by atoms with van der Waals surface area (Å²) in [6.07, 6.45) is 5.14. The van der Waals surface area contributed by atoms with Gasteiger partial charge in [-0.05, 0) is 38.0 Å². The standard InChI is InChI=1S/C19H26N6O/c1-13(2)22-18(26)15-12-14-6-10-25(19-20-8-5-9-21-19)11-7-16(14)23-17(15)24(3)4/h5,8-9,12-13H,6-7,10-11H2,1-4H3,(H,22,26). The van der Waals surface area contributed by atoms with Crippen LogP contribution < -0.4 is 15.1 Å². The molecule has 3 rings (SSSR count). The molecule has 0 aliphatic carbocycles. The van der Waals surface area contributed by atoms with Gasteiger partial charge in [0, 0.05) is 57.7 Å². The number of nitrogens with zero attached hydrogens (tertiary/aromatic N) is 5. The summed E-state index contributed by atoms with van der Waals surface area (Å²) in [6.45, 7) is 5.54. The molecule has 26 heavy (non-hydrogen) atoms. The molecule has 2 aromatic heterocycles. The third kappa shape index (κ3) is 3.92. The summed E-state index contributed by atoms with van der Waals surface area (Å²) in [5.41, 5.74) is 2.81. The number of anilines is 2. The van der Waals surface area contributed by atoms with Crippen LogP contribution >= 0.6 is 0 Å².